The zero-order valence-electron chi connectivity index (χ0n) is 16.2. The maximum Gasteiger partial charge on any atom is 0.277 e. The molecule has 0 bridgehead atoms. The number of amides is 1. The number of carbonyl (C=O) groups is 1. The van der Waals surface area contributed by atoms with Crippen molar-refractivity contribution >= 4 is 23.0 Å². The molecule has 0 aliphatic carbocycles. The zero-order chi connectivity index (χ0) is 20.2. The largest absolute Gasteiger partial charge is 0.483 e. The van der Waals surface area contributed by atoms with Crippen LogP contribution in [0.1, 0.15) is 16.7 Å². The average Bonchev–Trinajstić information content (AvgIpc) is 3.39. The molecule has 0 saturated heterocycles. The summed E-state index contributed by atoms with van der Waals surface area (Å²) in [6, 6.07) is 13.8. The van der Waals surface area contributed by atoms with E-state index in [9.17, 15) is 4.79 Å². The van der Waals surface area contributed by atoms with Crippen molar-refractivity contribution in [3.63, 3.8) is 0 Å². The van der Waals surface area contributed by atoms with Crippen LogP contribution in [0.2, 0.25) is 0 Å². The maximum absolute atomic E-state index is 12.1. The summed E-state index contributed by atoms with van der Waals surface area (Å²) in [5, 5.41) is 5.09. The molecule has 6 nitrogen and oxygen atoms in total. The number of carbonyl (C=O) groups excluding carboxylic acids is 1. The number of fused-ring (bicyclic) bond motifs is 1. The molecule has 0 aliphatic heterocycles. The smallest absolute Gasteiger partial charge is 0.277 e. The molecule has 146 valence electrons. The molecule has 0 fully saturated rings. The number of hydrogen-bond donors (Lipinski definition) is 2. The lowest BCUT2D eigenvalue weighted by Crippen LogP contribution is -2.25. The fourth-order valence-corrected chi connectivity index (χ4v) is 3.34. The second kappa shape index (κ2) is 8.06. The number of hydrazone groups is 1. The Morgan fingerprint density at radius 2 is 2.00 bits per heavy atom. The Hall–Kier alpha value is -3.80. The minimum Gasteiger partial charge on any atom is -0.483 e. The number of aromatic amines is 1. The Bertz CT molecular complexity index is 1150. The molecular formula is C23H21N3O3. The van der Waals surface area contributed by atoms with Crippen LogP contribution in [0.5, 0.6) is 5.75 Å². The van der Waals surface area contributed by atoms with E-state index < -0.39 is 0 Å². The van der Waals surface area contributed by atoms with Crippen LogP contribution in [0.15, 0.2) is 70.7 Å². The zero-order valence-corrected chi connectivity index (χ0v) is 16.2. The van der Waals surface area contributed by atoms with Crippen molar-refractivity contribution < 1.29 is 13.9 Å². The Labute approximate surface area is 168 Å². The third-order valence-electron chi connectivity index (χ3n) is 4.68. The first-order valence-corrected chi connectivity index (χ1v) is 9.26. The number of aromatic nitrogens is 1. The number of ether oxygens (including phenoxy) is 1. The van der Waals surface area contributed by atoms with Gasteiger partial charge in [-0.25, -0.2) is 5.43 Å². The van der Waals surface area contributed by atoms with Crippen molar-refractivity contribution in [1.29, 1.82) is 0 Å². The third kappa shape index (κ3) is 4.06. The standard InChI is InChI=1S/C23H21N3O3/c1-15-10-19(18-7-9-28-13-18)11-16(2)23(15)29-14-22(27)26-25-12-17-4-3-5-21-20(17)6-8-24-21/h3-13,24H,14H2,1-2H3,(H,26,27). The summed E-state index contributed by atoms with van der Waals surface area (Å²) >= 11 is 0. The van der Waals surface area contributed by atoms with Crippen LogP contribution in [0.3, 0.4) is 0 Å². The number of hydrogen-bond acceptors (Lipinski definition) is 4. The number of nitrogens with zero attached hydrogens (tertiary/aromatic N) is 1. The summed E-state index contributed by atoms with van der Waals surface area (Å²) in [4.78, 5) is 15.3. The predicted molar refractivity (Wildman–Crippen MR) is 113 cm³/mol. The van der Waals surface area contributed by atoms with Gasteiger partial charge in [0.1, 0.15) is 5.75 Å². The lowest BCUT2D eigenvalue weighted by Gasteiger charge is -2.13. The van der Waals surface area contributed by atoms with Crippen LogP contribution >= 0.6 is 0 Å². The lowest BCUT2D eigenvalue weighted by molar-refractivity contribution is -0.123. The molecule has 6 heteroatoms. The van der Waals surface area contributed by atoms with Gasteiger partial charge in [0.25, 0.3) is 5.91 Å². The van der Waals surface area contributed by atoms with E-state index in [0.29, 0.717) is 5.75 Å². The van der Waals surface area contributed by atoms with Crippen LogP contribution in [0.4, 0.5) is 0 Å². The predicted octanol–water partition coefficient (Wildman–Crippen LogP) is 4.57. The van der Waals surface area contributed by atoms with Gasteiger partial charge in [-0.2, -0.15) is 5.10 Å². The van der Waals surface area contributed by atoms with E-state index in [0.717, 1.165) is 38.7 Å². The summed E-state index contributed by atoms with van der Waals surface area (Å²) in [7, 11) is 0. The second-order valence-electron chi connectivity index (χ2n) is 6.82. The fourth-order valence-electron chi connectivity index (χ4n) is 3.34. The number of benzene rings is 2. The van der Waals surface area contributed by atoms with E-state index >= 15 is 0 Å². The molecule has 0 spiro atoms. The lowest BCUT2D eigenvalue weighted by atomic mass is 10.0. The van der Waals surface area contributed by atoms with E-state index in [4.69, 9.17) is 9.15 Å². The van der Waals surface area contributed by atoms with Crippen molar-refractivity contribution in [2.24, 2.45) is 5.10 Å². The first-order valence-electron chi connectivity index (χ1n) is 9.26. The monoisotopic (exact) mass is 387 g/mol. The van der Waals surface area contributed by atoms with E-state index in [1.54, 1.807) is 18.7 Å². The number of H-pyrrole nitrogens is 1. The highest BCUT2D eigenvalue weighted by Gasteiger charge is 2.10. The molecule has 2 aromatic carbocycles. The number of furan rings is 1. The molecule has 0 aliphatic rings. The highest BCUT2D eigenvalue weighted by Crippen LogP contribution is 2.30. The molecule has 29 heavy (non-hydrogen) atoms. The molecule has 2 heterocycles. The molecule has 2 N–H and O–H groups in total. The van der Waals surface area contributed by atoms with Crippen LogP contribution in [-0.4, -0.2) is 23.7 Å². The summed E-state index contributed by atoms with van der Waals surface area (Å²) in [5.74, 6) is 0.383. The summed E-state index contributed by atoms with van der Waals surface area (Å²) in [6.07, 6.45) is 6.85. The van der Waals surface area contributed by atoms with Gasteiger partial charge < -0.3 is 14.1 Å². The topological polar surface area (TPSA) is 79.6 Å². The van der Waals surface area contributed by atoms with Gasteiger partial charge in [0.2, 0.25) is 0 Å². The van der Waals surface area contributed by atoms with Gasteiger partial charge in [0.15, 0.2) is 6.61 Å². The second-order valence-corrected chi connectivity index (χ2v) is 6.82. The molecule has 2 aromatic heterocycles. The molecule has 4 aromatic rings. The molecule has 4 rings (SSSR count). The molecule has 1 amide bonds. The van der Waals surface area contributed by atoms with E-state index in [2.05, 4.69) is 15.5 Å². The van der Waals surface area contributed by atoms with Gasteiger partial charge in [-0.3, -0.25) is 4.79 Å². The van der Waals surface area contributed by atoms with E-state index in [-0.39, 0.29) is 12.5 Å². The van der Waals surface area contributed by atoms with E-state index in [1.807, 2.05) is 62.5 Å². The van der Waals surface area contributed by atoms with Crippen LogP contribution in [0.25, 0.3) is 22.0 Å². The van der Waals surface area contributed by atoms with Gasteiger partial charge in [0.05, 0.1) is 18.7 Å². The highest BCUT2D eigenvalue weighted by atomic mass is 16.5. The van der Waals surface area contributed by atoms with Crippen molar-refractivity contribution in [3.8, 4) is 16.9 Å². The minimum absolute atomic E-state index is 0.113. The number of nitrogens with one attached hydrogen (secondary N) is 2. The first-order chi connectivity index (χ1) is 14.1. The van der Waals surface area contributed by atoms with Gasteiger partial charge in [-0.1, -0.05) is 12.1 Å². The Balaban J connectivity index is 1.38. The Morgan fingerprint density at radius 3 is 2.76 bits per heavy atom. The summed E-state index contributed by atoms with van der Waals surface area (Å²) < 4.78 is 10.9. The first kappa shape index (κ1) is 18.6. The van der Waals surface area contributed by atoms with Crippen LogP contribution in [0, 0.1) is 13.8 Å². The molecule has 0 saturated carbocycles. The summed E-state index contributed by atoms with van der Waals surface area (Å²) in [5.41, 5.74) is 8.43. The summed E-state index contributed by atoms with van der Waals surface area (Å²) in [6.45, 7) is 3.80. The van der Waals surface area contributed by atoms with Crippen molar-refractivity contribution in [2.75, 3.05) is 6.61 Å². The quantitative estimate of drug-likeness (QED) is 0.376. The van der Waals surface area contributed by atoms with Gasteiger partial charge >= 0.3 is 0 Å². The van der Waals surface area contributed by atoms with Crippen molar-refractivity contribution in [1.82, 2.24) is 10.4 Å². The normalized spacial score (nSPS) is 11.2. The van der Waals surface area contributed by atoms with Crippen LogP contribution < -0.4 is 10.2 Å². The van der Waals surface area contributed by atoms with Crippen molar-refractivity contribution in [3.05, 3.63) is 77.9 Å². The fraction of sp³-hybridized carbons (Fsp3) is 0.130. The molecule has 0 atom stereocenters. The third-order valence-corrected chi connectivity index (χ3v) is 4.68. The van der Waals surface area contributed by atoms with E-state index in [1.165, 1.54) is 0 Å². The van der Waals surface area contributed by atoms with Gasteiger partial charge in [-0.15, -0.1) is 0 Å². The highest BCUT2D eigenvalue weighted by molar-refractivity contribution is 5.98. The molecular weight excluding hydrogens is 366 g/mol. The minimum atomic E-state index is -0.319. The van der Waals surface area contributed by atoms with Gasteiger partial charge in [-0.05, 0) is 60.9 Å². The average molecular weight is 387 g/mol. The van der Waals surface area contributed by atoms with Gasteiger partial charge in [0, 0.05) is 28.2 Å². The number of aryl methyl sites for hydroxylation is 2. The van der Waals surface area contributed by atoms with Crippen molar-refractivity contribution in [2.45, 2.75) is 13.8 Å². The molecule has 0 unspecified atom stereocenters. The SMILES string of the molecule is Cc1cc(-c2ccoc2)cc(C)c1OCC(=O)NN=Cc1cccc2[nH]ccc12. The maximum atomic E-state index is 12.1. The molecule has 0 radical (unpaired) electrons. The number of rotatable bonds is 6. The van der Waals surface area contributed by atoms with Crippen LogP contribution in [-0.2, 0) is 4.79 Å². The Kier molecular flexibility index (Phi) is 5.16. The Morgan fingerprint density at radius 1 is 1.17 bits per heavy atom.